The van der Waals surface area contributed by atoms with E-state index in [0.717, 1.165) is 23.9 Å². The van der Waals surface area contributed by atoms with Crippen molar-refractivity contribution in [2.45, 2.75) is 42.6 Å². The van der Waals surface area contributed by atoms with E-state index < -0.39 is 34.8 Å². The van der Waals surface area contributed by atoms with Crippen LogP contribution in [-0.2, 0) is 20.6 Å². The number of benzene rings is 1. The van der Waals surface area contributed by atoms with Crippen LogP contribution in [0.4, 0.5) is 18.9 Å². The highest BCUT2D eigenvalue weighted by molar-refractivity contribution is 8.01. The molecule has 1 heterocycles. The predicted molar refractivity (Wildman–Crippen MR) is 90.6 cm³/mol. The van der Waals surface area contributed by atoms with Crippen molar-refractivity contribution < 1.29 is 27.6 Å². The molecule has 0 saturated carbocycles. The molecule has 2 rings (SSSR count). The summed E-state index contributed by atoms with van der Waals surface area (Å²) in [6.07, 6.45) is -4.70. The molecule has 1 aromatic rings. The Morgan fingerprint density at radius 3 is 2.65 bits per heavy atom. The quantitative estimate of drug-likeness (QED) is 0.720. The molecule has 0 unspecified atom stereocenters. The van der Waals surface area contributed by atoms with E-state index in [1.165, 1.54) is 13.0 Å². The summed E-state index contributed by atoms with van der Waals surface area (Å²) < 4.78 is 38.2. The minimum Gasteiger partial charge on any atom is -0.355 e. The zero-order chi connectivity index (χ0) is 19.5. The lowest BCUT2D eigenvalue weighted by Gasteiger charge is -2.25. The van der Waals surface area contributed by atoms with E-state index >= 15 is 0 Å². The molecule has 0 radical (unpaired) electrons. The second-order valence-electron chi connectivity index (χ2n) is 5.69. The molecular formula is C16H18F3N3O3S. The highest BCUT2D eigenvalue weighted by Gasteiger charge is 2.34. The van der Waals surface area contributed by atoms with Crippen molar-refractivity contribution in [3.8, 4) is 0 Å². The number of thioether (sulfide) groups is 1. The van der Waals surface area contributed by atoms with Crippen molar-refractivity contribution in [3.63, 3.8) is 0 Å². The molecule has 3 N–H and O–H groups in total. The van der Waals surface area contributed by atoms with Crippen molar-refractivity contribution in [1.29, 1.82) is 0 Å². The molecule has 0 spiro atoms. The largest absolute Gasteiger partial charge is 0.416 e. The van der Waals surface area contributed by atoms with E-state index in [1.807, 2.05) is 0 Å². The summed E-state index contributed by atoms with van der Waals surface area (Å²) in [6.45, 7) is 3.69. The maximum absolute atomic E-state index is 12.7. The topological polar surface area (TPSA) is 87.3 Å². The van der Waals surface area contributed by atoms with Crippen molar-refractivity contribution in [2.24, 2.45) is 0 Å². The average Bonchev–Trinajstić information content (AvgIpc) is 2.54. The molecule has 26 heavy (non-hydrogen) atoms. The van der Waals surface area contributed by atoms with E-state index in [0.29, 0.717) is 11.4 Å². The van der Waals surface area contributed by atoms with Gasteiger partial charge in [0.2, 0.25) is 17.7 Å². The van der Waals surface area contributed by atoms with Gasteiger partial charge >= 0.3 is 6.18 Å². The molecular weight excluding hydrogens is 371 g/mol. The van der Waals surface area contributed by atoms with Gasteiger partial charge in [-0.3, -0.25) is 14.4 Å². The Balaban J connectivity index is 2.02. The highest BCUT2D eigenvalue weighted by atomic mass is 32.2. The maximum atomic E-state index is 12.7. The number of carbonyl (C=O) groups is 3. The van der Waals surface area contributed by atoms with Crippen LogP contribution in [0.15, 0.2) is 23.1 Å². The lowest BCUT2D eigenvalue weighted by Crippen LogP contribution is -2.46. The molecule has 0 saturated heterocycles. The van der Waals surface area contributed by atoms with Gasteiger partial charge in [-0.05, 0) is 32.0 Å². The second-order valence-corrected chi connectivity index (χ2v) is 6.94. The molecule has 1 aliphatic heterocycles. The fourth-order valence-corrected chi connectivity index (χ4v) is 3.41. The number of likely N-dealkylation sites (N-methyl/N-ethyl adjacent to an activating group) is 1. The fourth-order valence-electron chi connectivity index (χ4n) is 2.32. The van der Waals surface area contributed by atoms with Crippen LogP contribution in [0.25, 0.3) is 0 Å². The average molecular weight is 389 g/mol. The number of fused-ring (bicyclic) bond motifs is 1. The molecule has 2 atom stereocenters. The van der Waals surface area contributed by atoms with Crippen molar-refractivity contribution in [1.82, 2.24) is 10.6 Å². The van der Waals surface area contributed by atoms with Gasteiger partial charge in [0.1, 0.15) is 6.04 Å². The van der Waals surface area contributed by atoms with Crippen LogP contribution in [0.2, 0.25) is 0 Å². The Morgan fingerprint density at radius 2 is 2.04 bits per heavy atom. The normalized spacial score (nSPS) is 17.7. The summed E-state index contributed by atoms with van der Waals surface area (Å²) in [7, 11) is 0. The number of rotatable bonds is 5. The third-order valence-electron chi connectivity index (χ3n) is 3.62. The minimum absolute atomic E-state index is 0.0715. The summed E-state index contributed by atoms with van der Waals surface area (Å²) in [5.74, 6) is -1.39. The van der Waals surface area contributed by atoms with Crippen molar-refractivity contribution in [2.75, 3.05) is 11.9 Å². The van der Waals surface area contributed by atoms with Gasteiger partial charge in [-0.1, -0.05) is 0 Å². The lowest BCUT2D eigenvalue weighted by atomic mass is 10.1. The lowest BCUT2D eigenvalue weighted by molar-refractivity contribution is -0.137. The predicted octanol–water partition coefficient (Wildman–Crippen LogP) is 2.15. The number of nitrogens with one attached hydrogen (secondary N) is 3. The maximum Gasteiger partial charge on any atom is 0.416 e. The number of carbonyl (C=O) groups excluding carboxylic acids is 3. The summed E-state index contributed by atoms with van der Waals surface area (Å²) in [6, 6.07) is 2.32. The number of amides is 3. The SMILES string of the molecule is CCNC(=O)[C@@H](C)NC(=O)C[C@@H]1Sc2ccc(C(F)(F)F)cc2NC1=O. The highest BCUT2D eigenvalue weighted by Crippen LogP contribution is 2.40. The molecule has 1 aromatic carbocycles. The Kier molecular flexibility index (Phi) is 6.17. The first kappa shape index (κ1) is 20.1. The smallest absolute Gasteiger partial charge is 0.355 e. The zero-order valence-corrected chi connectivity index (χ0v) is 14.9. The van der Waals surface area contributed by atoms with E-state index in [9.17, 15) is 27.6 Å². The summed E-state index contributed by atoms with van der Waals surface area (Å²) in [4.78, 5) is 36.2. The molecule has 142 valence electrons. The van der Waals surface area contributed by atoms with E-state index in [-0.39, 0.29) is 18.0 Å². The Bertz CT molecular complexity index is 724. The molecule has 0 aromatic heterocycles. The molecule has 6 nitrogen and oxygen atoms in total. The minimum atomic E-state index is -4.50. The van der Waals surface area contributed by atoms with E-state index in [1.54, 1.807) is 6.92 Å². The zero-order valence-electron chi connectivity index (χ0n) is 14.1. The van der Waals surface area contributed by atoms with Gasteiger partial charge in [0.25, 0.3) is 0 Å². The van der Waals surface area contributed by atoms with Gasteiger partial charge in [0.15, 0.2) is 0 Å². The van der Waals surface area contributed by atoms with E-state index in [4.69, 9.17) is 0 Å². The molecule has 0 fully saturated rings. The van der Waals surface area contributed by atoms with Crippen LogP contribution in [-0.4, -0.2) is 35.6 Å². The Hall–Kier alpha value is -2.23. The first-order valence-corrected chi connectivity index (χ1v) is 8.75. The van der Waals surface area contributed by atoms with Gasteiger partial charge in [0, 0.05) is 17.9 Å². The van der Waals surface area contributed by atoms with Crippen molar-refractivity contribution in [3.05, 3.63) is 23.8 Å². The molecule has 1 aliphatic rings. The summed E-state index contributed by atoms with van der Waals surface area (Å²) >= 11 is 1.02. The molecule has 0 aliphatic carbocycles. The molecule has 0 bridgehead atoms. The third kappa shape index (κ3) is 4.90. The van der Waals surface area contributed by atoms with Gasteiger partial charge in [0.05, 0.1) is 16.5 Å². The van der Waals surface area contributed by atoms with Gasteiger partial charge < -0.3 is 16.0 Å². The number of halogens is 3. The van der Waals surface area contributed by atoms with Crippen LogP contribution in [0.1, 0.15) is 25.8 Å². The number of hydrogen-bond donors (Lipinski definition) is 3. The Labute approximate surface area is 152 Å². The summed E-state index contributed by atoms with van der Waals surface area (Å²) in [5.41, 5.74) is -0.786. The first-order valence-electron chi connectivity index (χ1n) is 7.87. The Morgan fingerprint density at radius 1 is 1.35 bits per heavy atom. The summed E-state index contributed by atoms with van der Waals surface area (Å²) in [5, 5.41) is 6.67. The van der Waals surface area contributed by atoms with Crippen LogP contribution in [0, 0.1) is 0 Å². The van der Waals surface area contributed by atoms with Gasteiger partial charge in [-0.2, -0.15) is 13.2 Å². The second kappa shape index (κ2) is 7.98. The number of anilines is 1. The number of hydrogen-bond acceptors (Lipinski definition) is 4. The fraction of sp³-hybridized carbons (Fsp3) is 0.438. The molecule has 10 heteroatoms. The van der Waals surface area contributed by atoms with Gasteiger partial charge in [-0.15, -0.1) is 11.8 Å². The third-order valence-corrected chi connectivity index (χ3v) is 4.89. The standard InChI is InChI=1S/C16H18F3N3O3S/c1-3-20-14(24)8(2)21-13(23)7-12-15(25)22-10-6-9(16(17,18)19)4-5-11(10)26-12/h4-6,8,12H,3,7H2,1-2H3,(H,20,24)(H,21,23)(H,22,25)/t8-,12+/m1/s1. The van der Waals surface area contributed by atoms with Crippen LogP contribution >= 0.6 is 11.8 Å². The number of alkyl halides is 3. The van der Waals surface area contributed by atoms with Crippen LogP contribution in [0.5, 0.6) is 0 Å². The molecule has 3 amide bonds. The van der Waals surface area contributed by atoms with Crippen LogP contribution in [0.3, 0.4) is 0 Å². The first-order chi connectivity index (χ1) is 12.1. The van der Waals surface area contributed by atoms with Crippen molar-refractivity contribution >= 4 is 35.2 Å². The van der Waals surface area contributed by atoms with E-state index in [2.05, 4.69) is 16.0 Å². The van der Waals surface area contributed by atoms with Crippen LogP contribution < -0.4 is 16.0 Å². The van der Waals surface area contributed by atoms with Gasteiger partial charge in [-0.25, -0.2) is 0 Å². The monoisotopic (exact) mass is 389 g/mol.